The fourth-order valence-electron chi connectivity index (χ4n) is 0.897. The number of rotatable bonds is 5. The van der Waals surface area contributed by atoms with E-state index in [1.807, 2.05) is 0 Å². The van der Waals surface area contributed by atoms with E-state index in [0.717, 1.165) is 0 Å². The van der Waals surface area contributed by atoms with E-state index in [2.05, 4.69) is 20.7 Å². The number of aromatic nitrogens is 2. The summed E-state index contributed by atoms with van der Waals surface area (Å²) in [5, 5.41) is 2.85. The van der Waals surface area contributed by atoms with Crippen LogP contribution in [0.4, 0.5) is 11.6 Å². The van der Waals surface area contributed by atoms with Crippen LogP contribution >= 0.6 is 0 Å². The quantitative estimate of drug-likeness (QED) is 0.450. The third-order valence-corrected chi connectivity index (χ3v) is 2.54. The van der Waals surface area contributed by atoms with Crippen LogP contribution in [0.2, 0.25) is 0 Å². The van der Waals surface area contributed by atoms with Crippen molar-refractivity contribution in [3.05, 3.63) is 12.4 Å². The second-order valence-electron chi connectivity index (χ2n) is 2.99. The molecule has 15 heavy (non-hydrogen) atoms. The Hall–Kier alpha value is -1.41. The molecule has 0 aliphatic rings. The lowest BCUT2D eigenvalue weighted by atomic mass is 10.5. The maximum absolute atomic E-state index is 10.8. The summed E-state index contributed by atoms with van der Waals surface area (Å²) in [5.74, 6) is 6.20. The molecule has 7 nitrogen and oxygen atoms in total. The van der Waals surface area contributed by atoms with Crippen molar-refractivity contribution in [1.82, 2.24) is 9.97 Å². The van der Waals surface area contributed by atoms with Crippen molar-refractivity contribution < 1.29 is 8.42 Å². The van der Waals surface area contributed by atoms with Crippen LogP contribution in [0.3, 0.4) is 0 Å². The largest absolute Gasteiger partial charge is 0.369 e. The van der Waals surface area contributed by atoms with Gasteiger partial charge in [0.05, 0.1) is 5.75 Å². The van der Waals surface area contributed by atoms with E-state index in [-0.39, 0.29) is 5.75 Å². The second-order valence-corrected chi connectivity index (χ2v) is 5.25. The van der Waals surface area contributed by atoms with Gasteiger partial charge in [-0.15, -0.1) is 0 Å². The monoisotopic (exact) mass is 231 g/mol. The van der Waals surface area contributed by atoms with Gasteiger partial charge in [0.1, 0.15) is 27.8 Å². The van der Waals surface area contributed by atoms with Gasteiger partial charge in [-0.2, -0.15) is 0 Å². The molecule has 0 aromatic carbocycles. The molecule has 1 aromatic heterocycles. The summed E-state index contributed by atoms with van der Waals surface area (Å²) in [5.41, 5.74) is 2.36. The van der Waals surface area contributed by atoms with Gasteiger partial charge < -0.3 is 10.7 Å². The lowest BCUT2D eigenvalue weighted by Gasteiger charge is -2.05. The SMILES string of the molecule is CS(=O)(=O)CCNc1cc(NN)ncn1. The third-order valence-electron chi connectivity index (χ3n) is 1.59. The molecule has 0 unspecified atom stereocenters. The van der Waals surface area contributed by atoms with Gasteiger partial charge >= 0.3 is 0 Å². The van der Waals surface area contributed by atoms with Crippen LogP contribution in [0, 0.1) is 0 Å². The maximum atomic E-state index is 10.8. The molecule has 0 bridgehead atoms. The molecule has 0 aliphatic carbocycles. The summed E-state index contributed by atoms with van der Waals surface area (Å²) in [6, 6.07) is 1.59. The molecule has 0 atom stereocenters. The molecule has 0 radical (unpaired) electrons. The highest BCUT2D eigenvalue weighted by atomic mass is 32.2. The topological polar surface area (TPSA) is 110 Å². The average Bonchev–Trinajstić information content (AvgIpc) is 2.16. The number of nitrogens with one attached hydrogen (secondary N) is 2. The lowest BCUT2D eigenvalue weighted by Crippen LogP contribution is -2.15. The van der Waals surface area contributed by atoms with E-state index in [4.69, 9.17) is 5.84 Å². The Bertz CT molecular complexity index is 419. The van der Waals surface area contributed by atoms with Crippen molar-refractivity contribution in [3.8, 4) is 0 Å². The number of nitrogen functional groups attached to an aromatic ring is 1. The van der Waals surface area contributed by atoms with Gasteiger partial charge in [-0.1, -0.05) is 0 Å². The van der Waals surface area contributed by atoms with Crippen LogP contribution < -0.4 is 16.6 Å². The minimum atomic E-state index is -2.96. The number of nitrogens with zero attached hydrogens (tertiary/aromatic N) is 2. The first-order chi connectivity index (χ1) is 7.01. The number of sulfone groups is 1. The van der Waals surface area contributed by atoms with Crippen molar-refractivity contribution in [2.45, 2.75) is 0 Å². The number of anilines is 2. The van der Waals surface area contributed by atoms with Crippen LogP contribution in [0.1, 0.15) is 0 Å². The normalized spacial score (nSPS) is 11.1. The Kier molecular flexibility index (Phi) is 3.81. The molecule has 1 rings (SSSR count). The van der Waals surface area contributed by atoms with Gasteiger partial charge in [0.25, 0.3) is 0 Å². The van der Waals surface area contributed by atoms with Gasteiger partial charge in [0.15, 0.2) is 0 Å². The first-order valence-electron chi connectivity index (χ1n) is 4.21. The number of nitrogens with two attached hydrogens (primary N) is 1. The summed E-state index contributed by atoms with van der Waals surface area (Å²) in [6.07, 6.45) is 2.51. The zero-order chi connectivity index (χ0) is 11.3. The van der Waals surface area contributed by atoms with E-state index in [1.165, 1.54) is 12.6 Å². The van der Waals surface area contributed by atoms with Crippen LogP contribution in [-0.2, 0) is 9.84 Å². The Balaban J connectivity index is 2.51. The van der Waals surface area contributed by atoms with Crippen LogP contribution in [0.15, 0.2) is 12.4 Å². The molecule has 1 aromatic rings. The van der Waals surface area contributed by atoms with Crippen molar-refractivity contribution in [2.24, 2.45) is 5.84 Å². The molecular weight excluding hydrogens is 218 g/mol. The number of hydrazine groups is 1. The predicted octanol–water partition coefficient (Wildman–Crippen LogP) is -0.781. The van der Waals surface area contributed by atoms with Gasteiger partial charge in [-0.3, -0.25) is 0 Å². The smallest absolute Gasteiger partial charge is 0.149 e. The van der Waals surface area contributed by atoms with Crippen molar-refractivity contribution in [3.63, 3.8) is 0 Å². The zero-order valence-corrected chi connectivity index (χ0v) is 9.08. The number of hydrogen-bond donors (Lipinski definition) is 3. The van der Waals surface area contributed by atoms with Gasteiger partial charge in [-0.25, -0.2) is 24.2 Å². The molecule has 1 heterocycles. The molecule has 0 aliphatic heterocycles. The third kappa shape index (κ3) is 4.56. The molecule has 4 N–H and O–H groups in total. The zero-order valence-electron chi connectivity index (χ0n) is 8.27. The molecule has 0 saturated carbocycles. The van der Waals surface area contributed by atoms with Crippen LogP contribution in [-0.4, -0.2) is 36.9 Å². The van der Waals surface area contributed by atoms with Crippen LogP contribution in [0.25, 0.3) is 0 Å². The molecule has 0 amide bonds. The fraction of sp³-hybridized carbons (Fsp3) is 0.429. The van der Waals surface area contributed by atoms with E-state index >= 15 is 0 Å². The Morgan fingerprint density at radius 2 is 2.07 bits per heavy atom. The van der Waals surface area contributed by atoms with Crippen molar-refractivity contribution >= 4 is 21.5 Å². The molecule has 84 valence electrons. The molecular formula is C7H13N5O2S. The Labute approximate surface area is 88.0 Å². The molecule has 0 saturated heterocycles. The Morgan fingerprint density at radius 1 is 1.40 bits per heavy atom. The van der Waals surface area contributed by atoms with E-state index in [9.17, 15) is 8.42 Å². The van der Waals surface area contributed by atoms with Gasteiger partial charge in [0.2, 0.25) is 0 Å². The summed E-state index contributed by atoms with van der Waals surface area (Å²) in [7, 11) is -2.96. The molecule has 0 fully saturated rings. The minimum Gasteiger partial charge on any atom is -0.369 e. The highest BCUT2D eigenvalue weighted by molar-refractivity contribution is 7.90. The minimum absolute atomic E-state index is 0.0579. The summed E-state index contributed by atoms with van der Waals surface area (Å²) in [4.78, 5) is 7.70. The Morgan fingerprint density at radius 3 is 2.67 bits per heavy atom. The highest BCUT2D eigenvalue weighted by Gasteiger charge is 2.02. The average molecular weight is 231 g/mol. The van der Waals surface area contributed by atoms with Crippen LogP contribution in [0.5, 0.6) is 0 Å². The van der Waals surface area contributed by atoms with E-state index < -0.39 is 9.84 Å². The number of hydrogen-bond acceptors (Lipinski definition) is 7. The van der Waals surface area contributed by atoms with Crippen molar-refractivity contribution in [1.29, 1.82) is 0 Å². The van der Waals surface area contributed by atoms with E-state index in [1.54, 1.807) is 6.07 Å². The van der Waals surface area contributed by atoms with E-state index in [0.29, 0.717) is 18.2 Å². The fourth-order valence-corrected chi connectivity index (χ4v) is 1.37. The second kappa shape index (κ2) is 4.89. The maximum Gasteiger partial charge on any atom is 0.149 e. The molecule has 0 spiro atoms. The first-order valence-corrected chi connectivity index (χ1v) is 6.27. The summed E-state index contributed by atoms with van der Waals surface area (Å²) in [6.45, 7) is 0.305. The lowest BCUT2D eigenvalue weighted by molar-refractivity contribution is 0.602. The standard InChI is InChI=1S/C7H13N5O2S/c1-15(13,14)3-2-9-6-4-7(12-8)11-5-10-6/h4-5H,2-3,8H2,1H3,(H2,9,10,11,12). The predicted molar refractivity (Wildman–Crippen MR) is 58.0 cm³/mol. The van der Waals surface area contributed by atoms with Crippen molar-refractivity contribution in [2.75, 3.05) is 29.3 Å². The molecule has 8 heteroatoms. The van der Waals surface area contributed by atoms with Gasteiger partial charge in [-0.05, 0) is 0 Å². The highest BCUT2D eigenvalue weighted by Crippen LogP contribution is 2.06. The van der Waals surface area contributed by atoms with Gasteiger partial charge in [0, 0.05) is 18.9 Å². The first kappa shape index (κ1) is 11.7. The summed E-state index contributed by atoms with van der Waals surface area (Å²) >= 11 is 0. The summed E-state index contributed by atoms with van der Waals surface area (Å²) < 4.78 is 21.7.